The molecule has 0 fully saturated rings. The highest BCUT2D eigenvalue weighted by Gasteiger charge is 2.19. The van der Waals surface area contributed by atoms with Crippen molar-refractivity contribution < 1.29 is 9.53 Å². The van der Waals surface area contributed by atoms with Gasteiger partial charge in [-0.3, -0.25) is 0 Å². The fourth-order valence-electron chi connectivity index (χ4n) is 1.84. The van der Waals surface area contributed by atoms with Crippen LogP contribution < -0.4 is 10.6 Å². The van der Waals surface area contributed by atoms with Crippen LogP contribution in [0.5, 0.6) is 0 Å². The lowest BCUT2D eigenvalue weighted by Gasteiger charge is -2.24. The van der Waals surface area contributed by atoms with Gasteiger partial charge in [0.05, 0.1) is 6.54 Å². The lowest BCUT2D eigenvalue weighted by Crippen LogP contribution is -2.43. The van der Waals surface area contributed by atoms with E-state index in [4.69, 9.17) is 4.74 Å². The summed E-state index contributed by atoms with van der Waals surface area (Å²) in [6.45, 7) is 12.3. The van der Waals surface area contributed by atoms with E-state index in [9.17, 15) is 4.79 Å². The number of carbonyl (C=O) groups is 1. The van der Waals surface area contributed by atoms with E-state index in [-0.39, 0.29) is 6.09 Å². The summed E-state index contributed by atoms with van der Waals surface area (Å²) in [6.07, 6.45) is -0.319. The van der Waals surface area contributed by atoms with E-state index in [1.165, 1.54) is 9.75 Å². The van der Waals surface area contributed by atoms with Crippen LogP contribution in [0.25, 0.3) is 0 Å². The molecule has 6 nitrogen and oxygen atoms in total. The minimum atomic E-state index is -0.478. The Morgan fingerprint density at radius 3 is 2.58 bits per heavy atom. The van der Waals surface area contributed by atoms with Crippen molar-refractivity contribution in [2.24, 2.45) is 4.99 Å². The van der Waals surface area contributed by atoms with E-state index in [1.807, 2.05) is 27.7 Å². The van der Waals surface area contributed by atoms with Crippen LogP contribution >= 0.6 is 11.3 Å². The standard InChI is InChI=1S/C17H30N4O2S/c1-7-18-15(20-12-14-9-8-13(2)24-14)19-10-11-21(6)16(22)23-17(3,4)5/h8-9H,7,10-12H2,1-6H3,(H2,18,19,20). The number of rotatable bonds is 6. The van der Waals surface area contributed by atoms with Gasteiger partial charge in [0.15, 0.2) is 5.96 Å². The van der Waals surface area contributed by atoms with Gasteiger partial charge in [-0.15, -0.1) is 11.3 Å². The van der Waals surface area contributed by atoms with Crippen LogP contribution in [-0.4, -0.2) is 49.2 Å². The molecule has 0 saturated carbocycles. The first-order chi connectivity index (χ1) is 11.2. The smallest absolute Gasteiger partial charge is 0.410 e. The summed E-state index contributed by atoms with van der Waals surface area (Å²) in [7, 11) is 1.73. The van der Waals surface area contributed by atoms with Crippen LogP contribution in [0.1, 0.15) is 37.4 Å². The maximum absolute atomic E-state index is 11.9. The van der Waals surface area contributed by atoms with Gasteiger partial charge in [-0.2, -0.15) is 0 Å². The minimum absolute atomic E-state index is 0.319. The number of nitrogens with one attached hydrogen (secondary N) is 2. The molecule has 1 heterocycles. The number of carbonyl (C=O) groups excluding carboxylic acids is 1. The number of aryl methyl sites for hydroxylation is 1. The lowest BCUT2D eigenvalue weighted by molar-refractivity contribution is 0.0302. The molecule has 0 aliphatic heterocycles. The Balaban J connectivity index is 2.44. The quantitative estimate of drug-likeness (QED) is 0.609. The van der Waals surface area contributed by atoms with Crippen molar-refractivity contribution in [1.82, 2.24) is 15.5 Å². The van der Waals surface area contributed by atoms with Crippen LogP contribution in [0.15, 0.2) is 17.1 Å². The Labute approximate surface area is 149 Å². The molecule has 7 heteroatoms. The number of hydrogen-bond donors (Lipinski definition) is 2. The molecule has 0 bridgehead atoms. The molecular weight excluding hydrogens is 324 g/mol. The highest BCUT2D eigenvalue weighted by Crippen LogP contribution is 2.15. The molecule has 0 saturated heterocycles. The summed E-state index contributed by atoms with van der Waals surface area (Å²) in [6, 6.07) is 4.20. The molecule has 136 valence electrons. The summed E-state index contributed by atoms with van der Waals surface area (Å²) in [4.78, 5) is 20.6. The van der Waals surface area contributed by atoms with E-state index in [0.717, 1.165) is 12.5 Å². The first kappa shape index (κ1) is 20.3. The van der Waals surface area contributed by atoms with E-state index >= 15 is 0 Å². The van der Waals surface area contributed by atoms with Crippen molar-refractivity contribution in [2.45, 2.75) is 46.8 Å². The molecule has 1 amide bonds. The van der Waals surface area contributed by atoms with Crippen LogP contribution in [0.4, 0.5) is 4.79 Å². The Bertz CT molecular complexity index is 549. The van der Waals surface area contributed by atoms with Crippen molar-refractivity contribution in [3.63, 3.8) is 0 Å². The lowest BCUT2D eigenvalue weighted by atomic mass is 10.2. The van der Waals surface area contributed by atoms with Gasteiger partial charge < -0.3 is 20.3 Å². The van der Waals surface area contributed by atoms with Crippen molar-refractivity contribution in [3.8, 4) is 0 Å². The summed E-state index contributed by atoms with van der Waals surface area (Å²) in [5, 5.41) is 6.45. The van der Waals surface area contributed by atoms with Gasteiger partial charge in [-0.1, -0.05) is 0 Å². The zero-order valence-corrected chi connectivity index (χ0v) is 16.4. The number of guanidine groups is 1. The van der Waals surface area contributed by atoms with Crippen LogP contribution in [-0.2, 0) is 11.3 Å². The second kappa shape index (κ2) is 9.52. The van der Waals surface area contributed by atoms with Gasteiger partial charge in [-0.05, 0) is 46.8 Å². The average molecular weight is 355 g/mol. The van der Waals surface area contributed by atoms with Gasteiger partial charge in [-0.25, -0.2) is 9.79 Å². The first-order valence-electron chi connectivity index (χ1n) is 8.23. The molecule has 1 aromatic heterocycles. The van der Waals surface area contributed by atoms with Crippen LogP contribution in [0.3, 0.4) is 0 Å². The predicted molar refractivity (Wildman–Crippen MR) is 101 cm³/mol. The van der Waals surface area contributed by atoms with E-state index in [1.54, 1.807) is 23.3 Å². The fraction of sp³-hybridized carbons (Fsp3) is 0.647. The number of amides is 1. The van der Waals surface area contributed by atoms with E-state index in [0.29, 0.717) is 19.6 Å². The topological polar surface area (TPSA) is 66.0 Å². The number of ether oxygens (including phenoxy) is 1. The van der Waals surface area contributed by atoms with Gasteiger partial charge in [0.2, 0.25) is 0 Å². The summed E-state index contributed by atoms with van der Waals surface area (Å²) in [5.74, 6) is 0.751. The Morgan fingerprint density at radius 2 is 2.04 bits per heavy atom. The summed E-state index contributed by atoms with van der Waals surface area (Å²) >= 11 is 1.75. The van der Waals surface area contributed by atoms with Gasteiger partial charge >= 0.3 is 6.09 Å². The Morgan fingerprint density at radius 1 is 1.33 bits per heavy atom. The molecule has 0 atom stereocenters. The highest BCUT2D eigenvalue weighted by molar-refractivity contribution is 7.11. The molecule has 0 aliphatic rings. The average Bonchev–Trinajstić information content (AvgIpc) is 2.88. The molecule has 0 aromatic carbocycles. The molecule has 1 aromatic rings. The third-order valence-electron chi connectivity index (χ3n) is 2.98. The van der Waals surface area contributed by atoms with Crippen molar-refractivity contribution in [2.75, 3.05) is 26.7 Å². The Kier molecular flexibility index (Phi) is 8.04. The molecule has 0 radical (unpaired) electrons. The largest absolute Gasteiger partial charge is 0.444 e. The number of likely N-dealkylation sites (N-methyl/N-ethyl adjacent to an activating group) is 1. The van der Waals surface area contributed by atoms with Crippen molar-refractivity contribution in [3.05, 3.63) is 21.9 Å². The molecule has 24 heavy (non-hydrogen) atoms. The van der Waals surface area contributed by atoms with Crippen LogP contribution in [0, 0.1) is 6.92 Å². The molecule has 0 spiro atoms. The normalized spacial score (nSPS) is 12.0. The second-order valence-corrected chi connectivity index (χ2v) is 7.91. The summed E-state index contributed by atoms with van der Waals surface area (Å²) < 4.78 is 5.33. The van der Waals surface area contributed by atoms with Gasteiger partial charge in [0.1, 0.15) is 5.60 Å². The first-order valence-corrected chi connectivity index (χ1v) is 9.04. The number of nitrogens with zero attached hydrogens (tertiary/aromatic N) is 2. The molecular formula is C17H30N4O2S. The second-order valence-electron chi connectivity index (χ2n) is 6.54. The fourth-order valence-corrected chi connectivity index (χ4v) is 2.66. The van der Waals surface area contributed by atoms with Crippen molar-refractivity contribution in [1.29, 1.82) is 0 Å². The summed E-state index contributed by atoms with van der Waals surface area (Å²) in [5.41, 5.74) is -0.478. The Hall–Kier alpha value is -1.76. The highest BCUT2D eigenvalue weighted by atomic mass is 32.1. The number of hydrogen-bond acceptors (Lipinski definition) is 4. The predicted octanol–water partition coefficient (Wildman–Crippen LogP) is 2.98. The van der Waals surface area contributed by atoms with Crippen molar-refractivity contribution >= 4 is 23.4 Å². The van der Waals surface area contributed by atoms with Crippen LogP contribution in [0.2, 0.25) is 0 Å². The maximum atomic E-state index is 11.9. The molecule has 2 N–H and O–H groups in total. The SMILES string of the molecule is CCNC(=NCc1ccc(C)s1)NCCN(C)C(=O)OC(C)(C)C. The van der Waals surface area contributed by atoms with Gasteiger partial charge in [0, 0.05) is 36.4 Å². The zero-order chi connectivity index (χ0) is 18.2. The third kappa shape index (κ3) is 8.19. The maximum Gasteiger partial charge on any atom is 0.410 e. The van der Waals surface area contributed by atoms with E-state index in [2.05, 4.69) is 34.7 Å². The molecule has 0 aliphatic carbocycles. The monoisotopic (exact) mass is 354 g/mol. The zero-order valence-electron chi connectivity index (χ0n) is 15.6. The third-order valence-corrected chi connectivity index (χ3v) is 3.96. The number of aliphatic imine (C=N–C) groups is 1. The van der Waals surface area contributed by atoms with E-state index < -0.39 is 5.60 Å². The minimum Gasteiger partial charge on any atom is -0.444 e. The molecule has 1 rings (SSSR count). The van der Waals surface area contributed by atoms with Gasteiger partial charge in [0.25, 0.3) is 0 Å². The number of thiophene rings is 1. The molecule has 0 unspecified atom stereocenters.